The van der Waals surface area contributed by atoms with Gasteiger partial charge in [0.15, 0.2) is 0 Å². The Hall–Kier alpha value is -0.800. The molecular formula is C15H24N2O. The molecule has 2 aliphatic rings. The number of piperidine rings is 1. The van der Waals surface area contributed by atoms with Gasteiger partial charge in [-0.1, -0.05) is 0 Å². The van der Waals surface area contributed by atoms with Crippen molar-refractivity contribution in [2.75, 3.05) is 19.6 Å². The predicted molar refractivity (Wildman–Crippen MR) is 72.4 cm³/mol. The van der Waals surface area contributed by atoms with Gasteiger partial charge < -0.3 is 9.73 Å². The number of hydrogen-bond acceptors (Lipinski definition) is 3. The van der Waals surface area contributed by atoms with E-state index >= 15 is 0 Å². The molecule has 18 heavy (non-hydrogen) atoms. The van der Waals surface area contributed by atoms with Gasteiger partial charge in [-0.15, -0.1) is 0 Å². The van der Waals surface area contributed by atoms with E-state index in [1.807, 2.05) is 6.07 Å². The van der Waals surface area contributed by atoms with E-state index in [2.05, 4.69) is 23.2 Å². The van der Waals surface area contributed by atoms with Crippen LogP contribution in [0.1, 0.15) is 44.4 Å². The number of nitrogens with one attached hydrogen (secondary N) is 1. The Morgan fingerprint density at radius 2 is 2.33 bits per heavy atom. The van der Waals surface area contributed by atoms with Crippen molar-refractivity contribution in [3.05, 3.63) is 24.2 Å². The van der Waals surface area contributed by atoms with Crippen LogP contribution in [-0.2, 0) is 0 Å². The second-order valence-electron chi connectivity index (χ2n) is 5.83. The minimum Gasteiger partial charge on any atom is -0.468 e. The molecule has 1 saturated heterocycles. The fourth-order valence-electron chi connectivity index (χ4n) is 3.10. The van der Waals surface area contributed by atoms with Crippen LogP contribution in [0.2, 0.25) is 0 Å². The summed E-state index contributed by atoms with van der Waals surface area (Å²) in [5.41, 5.74) is 0. The lowest BCUT2D eigenvalue weighted by Gasteiger charge is -2.33. The van der Waals surface area contributed by atoms with Crippen molar-refractivity contribution < 1.29 is 4.42 Å². The van der Waals surface area contributed by atoms with Gasteiger partial charge in [0.05, 0.1) is 12.3 Å². The van der Waals surface area contributed by atoms with Gasteiger partial charge in [0.2, 0.25) is 0 Å². The molecule has 1 N–H and O–H groups in total. The fourth-order valence-corrected chi connectivity index (χ4v) is 3.10. The van der Waals surface area contributed by atoms with Gasteiger partial charge in [0, 0.05) is 12.6 Å². The normalized spacial score (nSPS) is 26.4. The van der Waals surface area contributed by atoms with Crippen molar-refractivity contribution >= 4 is 0 Å². The first-order valence-corrected chi connectivity index (χ1v) is 7.34. The summed E-state index contributed by atoms with van der Waals surface area (Å²) in [5, 5.41) is 3.52. The molecule has 0 amide bonds. The van der Waals surface area contributed by atoms with E-state index in [9.17, 15) is 0 Å². The van der Waals surface area contributed by atoms with Gasteiger partial charge in [-0.05, 0) is 63.7 Å². The summed E-state index contributed by atoms with van der Waals surface area (Å²) in [6.07, 6.45) is 7.23. The zero-order chi connectivity index (χ0) is 12.4. The second kappa shape index (κ2) is 5.45. The van der Waals surface area contributed by atoms with E-state index in [1.165, 1.54) is 45.3 Å². The monoisotopic (exact) mass is 248 g/mol. The largest absolute Gasteiger partial charge is 0.468 e. The molecule has 1 saturated carbocycles. The van der Waals surface area contributed by atoms with Crippen LogP contribution in [-0.4, -0.2) is 30.6 Å². The SMILES string of the molecule is CC(c1ccco1)N(CC1CCCNC1)C1CC1. The van der Waals surface area contributed by atoms with Crippen LogP contribution in [0.4, 0.5) is 0 Å². The molecule has 0 aromatic carbocycles. The van der Waals surface area contributed by atoms with Crippen molar-refractivity contribution in [3.63, 3.8) is 0 Å². The molecular weight excluding hydrogens is 224 g/mol. The zero-order valence-electron chi connectivity index (χ0n) is 11.3. The molecule has 3 rings (SSSR count). The van der Waals surface area contributed by atoms with Crippen LogP contribution in [0.25, 0.3) is 0 Å². The van der Waals surface area contributed by atoms with Gasteiger partial charge in [-0.2, -0.15) is 0 Å². The Labute approximate surface area is 110 Å². The van der Waals surface area contributed by atoms with Crippen LogP contribution in [0.15, 0.2) is 22.8 Å². The van der Waals surface area contributed by atoms with Gasteiger partial charge in [0.25, 0.3) is 0 Å². The Morgan fingerprint density at radius 1 is 1.44 bits per heavy atom. The molecule has 0 spiro atoms. The standard InChI is InChI=1S/C15H24N2O/c1-12(15-5-3-9-18-15)17(14-6-7-14)11-13-4-2-8-16-10-13/h3,5,9,12-14,16H,2,4,6-8,10-11H2,1H3. The highest BCUT2D eigenvalue weighted by molar-refractivity contribution is 5.05. The van der Waals surface area contributed by atoms with Crippen molar-refractivity contribution in [2.24, 2.45) is 5.92 Å². The third-order valence-corrected chi connectivity index (χ3v) is 4.34. The van der Waals surface area contributed by atoms with E-state index in [0.29, 0.717) is 6.04 Å². The summed E-state index contributed by atoms with van der Waals surface area (Å²) < 4.78 is 5.59. The Morgan fingerprint density at radius 3 is 2.94 bits per heavy atom. The van der Waals surface area contributed by atoms with Crippen molar-refractivity contribution in [1.29, 1.82) is 0 Å². The molecule has 0 radical (unpaired) electrons. The van der Waals surface area contributed by atoms with Gasteiger partial charge in [0.1, 0.15) is 5.76 Å². The Balaban J connectivity index is 1.64. The molecule has 1 aliphatic carbocycles. The van der Waals surface area contributed by atoms with E-state index in [4.69, 9.17) is 4.42 Å². The first kappa shape index (κ1) is 12.2. The van der Waals surface area contributed by atoms with E-state index in [0.717, 1.165) is 17.7 Å². The highest BCUT2D eigenvalue weighted by Crippen LogP contribution is 2.35. The molecule has 2 heterocycles. The van der Waals surface area contributed by atoms with Crippen LogP contribution in [0, 0.1) is 5.92 Å². The average molecular weight is 248 g/mol. The van der Waals surface area contributed by atoms with Gasteiger partial charge in [-0.25, -0.2) is 0 Å². The molecule has 2 unspecified atom stereocenters. The van der Waals surface area contributed by atoms with Crippen molar-refractivity contribution in [3.8, 4) is 0 Å². The maximum absolute atomic E-state index is 5.59. The third kappa shape index (κ3) is 2.78. The van der Waals surface area contributed by atoms with Crippen LogP contribution >= 0.6 is 0 Å². The van der Waals surface area contributed by atoms with Gasteiger partial charge >= 0.3 is 0 Å². The molecule has 0 bridgehead atoms. The maximum Gasteiger partial charge on any atom is 0.120 e. The predicted octanol–water partition coefficient (Wildman–Crippen LogP) is 2.80. The lowest BCUT2D eigenvalue weighted by atomic mass is 9.98. The van der Waals surface area contributed by atoms with E-state index in [1.54, 1.807) is 6.26 Å². The van der Waals surface area contributed by atoms with E-state index < -0.39 is 0 Å². The molecule has 3 nitrogen and oxygen atoms in total. The van der Waals surface area contributed by atoms with Crippen molar-refractivity contribution in [1.82, 2.24) is 10.2 Å². The summed E-state index contributed by atoms with van der Waals surface area (Å²) in [6, 6.07) is 5.33. The smallest absolute Gasteiger partial charge is 0.120 e. The number of nitrogens with zero attached hydrogens (tertiary/aromatic N) is 1. The van der Waals surface area contributed by atoms with Crippen molar-refractivity contribution in [2.45, 2.75) is 44.7 Å². The minimum absolute atomic E-state index is 0.425. The van der Waals surface area contributed by atoms with Crippen LogP contribution in [0.5, 0.6) is 0 Å². The first-order chi connectivity index (χ1) is 8.84. The summed E-state index contributed by atoms with van der Waals surface area (Å²) in [4.78, 5) is 2.66. The van der Waals surface area contributed by atoms with Gasteiger partial charge in [-0.3, -0.25) is 4.90 Å². The second-order valence-corrected chi connectivity index (χ2v) is 5.83. The summed E-state index contributed by atoms with van der Waals surface area (Å²) in [6.45, 7) is 5.90. The number of furan rings is 1. The Bertz CT molecular complexity index is 353. The molecule has 3 heteroatoms. The quantitative estimate of drug-likeness (QED) is 0.868. The molecule has 2 atom stereocenters. The highest BCUT2D eigenvalue weighted by atomic mass is 16.3. The number of hydrogen-bond donors (Lipinski definition) is 1. The number of rotatable bonds is 5. The molecule has 2 fully saturated rings. The first-order valence-electron chi connectivity index (χ1n) is 7.34. The molecule has 1 aromatic rings. The summed E-state index contributed by atoms with van der Waals surface area (Å²) in [7, 11) is 0. The molecule has 1 aromatic heterocycles. The minimum atomic E-state index is 0.425. The van der Waals surface area contributed by atoms with Crippen LogP contribution in [0.3, 0.4) is 0 Å². The highest BCUT2D eigenvalue weighted by Gasteiger charge is 2.35. The fraction of sp³-hybridized carbons (Fsp3) is 0.733. The third-order valence-electron chi connectivity index (χ3n) is 4.34. The van der Waals surface area contributed by atoms with E-state index in [-0.39, 0.29) is 0 Å². The topological polar surface area (TPSA) is 28.4 Å². The molecule has 100 valence electrons. The summed E-state index contributed by atoms with van der Waals surface area (Å²) in [5.74, 6) is 1.93. The average Bonchev–Trinajstić information content (AvgIpc) is 3.10. The Kier molecular flexibility index (Phi) is 3.71. The lowest BCUT2D eigenvalue weighted by Crippen LogP contribution is -2.40. The maximum atomic E-state index is 5.59. The lowest BCUT2D eigenvalue weighted by molar-refractivity contribution is 0.139. The van der Waals surface area contributed by atoms with Crippen LogP contribution < -0.4 is 5.32 Å². The molecule has 1 aliphatic heterocycles. The summed E-state index contributed by atoms with van der Waals surface area (Å²) >= 11 is 0. The zero-order valence-corrected chi connectivity index (χ0v) is 11.3.